The summed E-state index contributed by atoms with van der Waals surface area (Å²) in [4.78, 5) is 14.1. The van der Waals surface area contributed by atoms with Crippen LogP contribution in [0.1, 0.15) is 36.8 Å². The summed E-state index contributed by atoms with van der Waals surface area (Å²) in [6, 6.07) is 4.96. The van der Waals surface area contributed by atoms with Crippen molar-refractivity contribution in [3.63, 3.8) is 0 Å². The fourth-order valence-electron chi connectivity index (χ4n) is 2.92. The van der Waals surface area contributed by atoms with Crippen LogP contribution in [-0.4, -0.2) is 24.5 Å². The topological polar surface area (TPSA) is 56.1 Å². The van der Waals surface area contributed by atoms with E-state index in [2.05, 4.69) is 5.32 Å². The van der Waals surface area contributed by atoms with Gasteiger partial charge in [0.15, 0.2) is 0 Å². The highest BCUT2D eigenvalue weighted by Crippen LogP contribution is 2.35. The number of nitrogens with zero attached hydrogens (tertiary/aromatic N) is 2. The second kappa shape index (κ2) is 5.76. The predicted octanol–water partition coefficient (Wildman–Crippen LogP) is 2.82. The summed E-state index contributed by atoms with van der Waals surface area (Å²) in [5.74, 6) is -0.0802. The Labute approximate surface area is 131 Å². The molecule has 0 radical (unpaired) electrons. The number of hydrogen-bond acceptors (Lipinski definition) is 3. The quantitative estimate of drug-likeness (QED) is 0.930. The molecule has 1 saturated heterocycles. The van der Waals surface area contributed by atoms with Gasteiger partial charge in [0.2, 0.25) is 5.91 Å². The van der Waals surface area contributed by atoms with Gasteiger partial charge in [0.25, 0.3) is 0 Å². The zero-order valence-corrected chi connectivity index (χ0v) is 12.4. The number of carbonyl (C=O) groups is 1. The molecule has 122 valence electrons. The highest BCUT2D eigenvalue weighted by molar-refractivity contribution is 5.86. The van der Waals surface area contributed by atoms with Crippen LogP contribution in [-0.2, 0) is 11.0 Å². The summed E-state index contributed by atoms with van der Waals surface area (Å²) in [6.45, 7) is 0.596. The van der Waals surface area contributed by atoms with Gasteiger partial charge < -0.3 is 10.2 Å². The fourth-order valence-corrected chi connectivity index (χ4v) is 2.92. The number of rotatable bonds is 3. The minimum atomic E-state index is -4.56. The van der Waals surface area contributed by atoms with Crippen molar-refractivity contribution in [2.75, 3.05) is 11.4 Å². The number of benzene rings is 1. The van der Waals surface area contributed by atoms with Crippen molar-refractivity contribution in [2.45, 2.75) is 43.9 Å². The molecule has 1 aromatic rings. The van der Waals surface area contributed by atoms with Crippen LogP contribution >= 0.6 is 0 Å². The lowest BCUT2D eigenvalue weighted by Gasteiger charge is -2.26. The average Bonchev–Trinajstić information content (AvgIpc) is 3.17. The molecule has 23 heavy (non-hydrogen) atoms. The van der Waals surface area contributed by atoms with Crippen LogP contribution < -0.4 is 10.2 Å². The average molecular weight is 323 g/mol. The van der Waals surface area contributed by atoms with Gasteiger partial charge in [0, 0.05) is 18.3 Å². The van der Waals surface area contributed by atoms with E-state index in [1.807, 2.05) is 0 Å². The molecule has 1 amide bonds. The van der Waals surface area contributed by atoms with Gasteiger partial charge in [-0.2, -0.15) is 18.4 Å². The van der Waals surface area contributed by atoms with E-state index in [4.69, 9.17) is 5.26 Å². The van der Waals surface area contributed by atoms with Gasteiger partial charge in [0.05, 0.1) is 17.2 Å². The van der Waals surface area contributed by atoms with Gasteiger partial charge in [-0.1, -0.05) is 0 Å². The number of carbonyl (C=O) groups excluding carboxylic acids is 1. The molecule has 2 fully saturated rings. The predicted molar refractivity (Wildman–Crippen MR) is 77.7 cm³/mol. The van der Waals surface area contributed by atoms with Gasteiger partial charge in [0.1, 0.15) is 6.04 Å². The first-order chi connectivity index (χ1) is 10.9. The molecule has 0 unspecified atom stereocenters. The number of nitrogens with one attached hydrogen (secondary N) is 1. The standard InChI is InChI=1S/C16H16F3N3O/c17-16(18,19)13-6-5-12(8-10(13)9-20)22-7-1-2-14(22)15(23)21-11-3-4-11/h5-6,8,11,14H,1-4,7H2,(H,21,23)/t14-/m0/s1. The Hall–Kier alpha value is -2.23. The minimum Gasteiger partial charge on any atom is -0.359 e. The Morgan fingerprint density at radius 2 is 2.04 bits per heavy atom. The van der Waals surface area contributed by atoms with Crippen molar-refractivity contribution < 1.29 is 18.0 Å². The van der Waals surface area contributed by atoms with Crippen LogP contribution in [0.5, 0.6) is 0 Å². The van der Waals surface area contributed by atoms with E-state index < -0.39 is 17.3 Å². The third-order valence-corrected chi connectivity index (χ3v) is 4.24. The number of halogens is 3. The largest absolute Gasteiger partial charge is 0.417 e. The molecule has 0 spiro atoms. The molecule has 1 atom stereocenters. The molecule has 0 aromatic heterocycles. The van der Waals surface area contributed by atoms with Crippen LogP contribution in [0, 0.1) is 11.3 Å². The first-order valence-electron chi connectivity index (χ1n) is 7.58. The molecule has 0 bridgehead atoms. The molecule has 1 N–H and O–H groups in total. The lowest BCUT2D eigenvalue weighted by Crippen LogP contribution is -2.44. The molecule has 1 aromatic carbocycles. The molecular weight excluding hydrogens is 307 g/mol. The zero-order chi connectivity index (χ0) is 16.6. The van der Waals surface area contributed by atoms with Crippen LogP contribution in [0.4, 0.5) is 18.9 Å². The highest BCUT2D eigenvalue weighted by Gasteiger charge is 2.36. The lowest BCUT2D eigenvalue weighted by molar-refractivity contribution is -0.137. The van der Waals surface area contributed by atoms with E-state index in [-0.39, 0.29) is 18.0 Å². The molecule has 4 nitrogen and oxygen atoms in total. The molecule has 1 heterocycles. The van der Waals surface area contributed by atoms with Crippen LogP contribution in [0.15, 0.2) is 18.2 Å². The molecule has 7 heteroatoms. The summed E-state index contributed by atoms with van der Waals surface area (Å²) in [5.41, 5.74) is -0.867. The van der Waals surface area contributed by atoms with Crippen LogP contribution in [0.3, 0.4) is 0 Å². The molecule has 1 aliphatic carbocycles. The maximum Gasteiger partial charge on any atom is 0.417 e. The summed E-state index contributed by atoms with van der Waals surface area (Å²) < 4.78 is 38.6. The van der Waals surface area contributed by atoms with E-state index in [9.17, 15) is 18.0 Å². The Morgan fingerprint density at radius 1 is 1.30 bits per heavy atom. The van der Waals surface area contributed by atoms with Crippen molar-refractivity contribution in [2.24, 2.45) is 0 Å². The number of hydrogen-bond donors (Lipinski definition) is 1. The molecule has 1 aliphatic heterocycles. The van der Waals surface area contributed by atoms with Crippen molar-refractivity contribution in [1.82, 2.24) is 5.32 Å². The van der Waals surface area contributed by atoms with Crippen LogP contribution in [0.2, 0.25) is 0 Å². The molecule has 2 aliphatic rings. The Kier molecular flexibility index (Phi) is 3.92. The van der Waals surface area contributed by atoms with Crippen molar-refractivity contribution in [1.29, 1.82) is 5.26 Å². The van der Waals surface area contributed by atoms with E-state index >= 15 is 0 Å². The summed E-state index contributed by atoms with van der Waals surface area (Å²) in [6.07, 6.45) is -1.13. The summed E-state index contributed by atoms with van der Waals surface area (Å²) in [7, 11) is 0. The third-order valence-electron chi connectivity index (χ3n) is 4.24. The van der Waals surface area contributed by atoms with Gasteiger partial charge in [-0.05, 0) is 43.9 Å². The maximum atomic E-state index is 12.9. The highest BCUT2D eigenvalue weighted by atomic mass is 19.4. The van der Waals surface area contributed by atoms with E-state index in [0.29, 0.717) is 18.7 Å². The second-order valence-corrected chi connectivity index (χ2v) is 5.97. The van der Waals surface area contributed by atoms with Crippen molar-refractivity contribution in [3.05, 3.63) is 29.3 Å². The number of amides is 1. The normalized spacial score (nSPS) is 21.1. The summed E-state index contributed by atoms with van der Waals surface area (Å²) in [5, 5.41) is 11.9. The summed E-state index contributed by atoms with van der Waals surface area (Å²) >= 11 is 0. The monoisotopic (exact) mass is 323 g/mol. The zero-order valence-electron chi connectivity index (χ0n) is 12.4. The first-order valence-corrected chi connectivity index (χ1v) is 7.58. The van der Waals surface area contributed by atoms with Gasteiger partial charge in [-0.15, -0.1) is 0 Å². The maximum absolute atomic E-state index is 12.9. The molecular formula is C16H16F3N3O. The number of anilines is 1. The van der Waals surface area contributed by atoms with Crippen molar-refractivity contribution in [3.8, 4) is 6.07 Å². The third kappa shape index (κ3) is 3.26. The van der Waals surface area contributed by atoms with E-state index in [1.165, 1.54) is 12.1 Å². The SMILES string of the molecule is N#Cc1cc(N2CCC[C@H]2C(=O)NC2CC2)ccc1C(F)(F)F. The Balaban J connectivity index is 1.85. The van der Waals surface area contributed by atoms with Gasteiger partial charge >= 0.3 is 6.18 Å². The number of nitriles is 1. The van der Waals surface area contributed by atoms with E-state index in [0.717, 1.165) is 25.3 Å². The van der Waals surface area contributed by atoms with Crippen molar-refractivity contribution >= 4 is 11.6 Å². The smallest absolute Gasteiger partial charge is 0.359 e. The lowest BCUT2D eigenvalue weighted by atomic mass is 10.1. The minimum absolute atomic E-state index is 0.0802. The Morgan fingerprint density at radius 3 is 2.65 bits per heavy atom. The van der Waals surface area contributed by atoms with Gasteiger partial charge in [-0.3, -0.25) is 4.79 Å². The van der Waals surface area contributed by atoms with Crippen LogP contribution in [0.25, 0.3) is 0 Å². The second-order valence-electron chi connectivity index (χ2n) is 5.97. The molecule has 3 rings (SSSR count). The fraction of sp³-hybridized carbons (Fsp3) is 0.500. The Bertz CT molecular complexity index is 662. The molecule has 1 saturated carbocycles. The van der Waals surface area contributed by atoms with Gasteiger partial charge in [-0.25, -0.2) is 0 Å². The first kappa shape index (κ1) is 15.7. The number of alkyl halides is 3. The van der Waals surface area contributed by atoms with E-state index in [1.54, 1.807) is 11.0 Å².